The van der Waals surface area contributed by atoms with Crippen LogP contribution < -0.4 is 0 Å². The third-order valence-corrected chi connectivity index (χ3v) is 1.15. The van der Waals surface area contributed by atoms with Crippen LogP contribution in [-0.4, -0.2) is 19.1 Å². The zero-order valence-electron chi connectivity index (χ0n) is 5.27. The topological polar surface area (TPSA) is 51.0 Å². The van der Waals surface area contributed by atoms with Gasteiger partial charge in [0.05, 0.1) is 0 Å². The molecule has 0 aliphatic rings. The van der Waals surface area contributed by atoms with E-state index < -0.39 is 0 Å². The second-order valence-electron chi connectivity index (χ2n) is 1.54. The van der Waals surface area contributed by atoms with Gasteiger partial charge in [-0.3, -0.25) is 0 Å². The fourth-order valence-corrected chi connectivity index (χ4v) is 0.755. The van der Waals surface area contributed by atoms with Crippen molar-refractivity contribution < 1.29 is 19.4 Å². The number of rotatable bonds is 1. The van der Waals surface area contributed by atoms with Crippen LogP contribution in [-0.2, 0) is 19.4 Å². The van der Waals surface area contributed by atoms with E-state index in [0.29, 0.717) is 11.8 Å². The number of nitrogens with zero attached hydrogens (tertiary/aromatic N) is 4. The third kappa shape index (κ3) is 1.90. The van der Waals surface area contributed by atoms with Gasteiger partial charge in [-0.05, 0) is 0 Å². The molecular formula is C5H4N4W. The first-order valence-electron chi connectivity index (χ1n) is 2.56. The fraction of sp³-hybridized carbons (Fsp3) is 0.200. The van der Waals surface area contributed by atoms with Gasteiger partial charge in [-0.2, -0.15) is 0 Å². The minimum atomic E-state index is 0.433. The van der Waals surface area contributed by atoms with Crippen LogP contribution in [0.15, 0.2) is 11.3 Å². The molecule has 4 nitrogen and oxygen atoms in total. The molecule has 0 radical (unpaired) electrons. The molecule has 0 aliphatic heterocycles. The summed E-state index contributed by atoms with van der Waals surface area (Å²) in [6.07, 6.45) is 1.44. The van der Waals surface area contributed by atoms with Crippen LogP contribution in [0.5, 0.6) is 0 Å². The Morgan fingerprint density at radius 2 is 2.40 bits per heavy atom. The second kappa shape index (κ2) is 3.45. The van der Waals surface area contributed by atoms with Crippen LogP contribution in [0.25, 0.3) is 0 Å². The van der Waals surface area contributed by atoms with Crippen LogP contribution in [0, 0.1) is 6.92 Å². The minimum absolute atomic E-state index is 0.433. The molecule has 1 rings (SSSR count). The molecule has 0 aromatic carbocycles. The Hall–Kier alpha value is -0.722. The van der Waals surface area contributed by atoms with Crippen molar-refractivity contribution in [2.24, 2.45) is 4.99 Å². The molecule has 0 atom stereocenters. The summed E-state index contributed by atoms with van der Waals surface area (Å²) in [5.74, 6) is 1.11. The van der Waals surface area contributed by atoms with Crippen molar-refractivity contribution in [2.45, 2.75) is 6.92 Å². The molecule has 0 aliphatic carbocycles. The molecule has 0 bridgehead atoms. The standard InChI is InChI=1S/C5H4N4.W/c1-4-7-3-8-5(6-2)9-4;/h3H,1H3;. The van der Waals surface area contributed by atoms with Gasteiger partial charge in [0, 0.05) is 0 Å². The Kier molecular flexibility index (Phi) is 2.55. The molecule has 10 heavy (non-hydrogen) atoms. The Balaban J connectivity index is 3.06. The Morgan fingerprint density at radius 1 is 1.60 bits per heavy atom. The molecule has 50 valence electrons. The molecule has 1 aromatic heterocycles. The van der Waals surface area contributed by atoms with Gasteiger partial charge in [-0.1, -0.05) is 0 Å². The first-order chi connectivity index (χ1) is 4.83. The van der Waals surface area contributed by atoms with Crippen molar-refractivity contribution in [2.75, 3.05) is 0 Å². The molecule has 0 saturated carbocycles. The zero-order chi connectivity index (χ0) is 7.40. The summed E-state index contributed by atoms with van der Waals surface area (Å²) in [7, 11) is 0. The van der Waals surface area contributed by atoms with Gasteiger partial charge in [0.2, 0.25) is 0 Å². The van der Waals surface area contributed by atoms with Crippen molar-refractivity contribution in [3.8, 4) is 0 Å². The van der Waals surface area contributed by atoms with Crippen LogP contribution in [0.2, 0.25) is 0 Å². The Bertz CT molecular complexity index is 279. The van der Waals surface area contributed by atoms with Gasteiger partial charge in [0.15, 0.2) is 0 Å². The van der Waals surface area contributed by atoms with E-state index in [0.717, 1.165) is 19.4 Å². The average molecular weight is 304 g/mol. The van der Waals surface area contributed by atoms with E-state index in [1.807, 2.05) is 0 Å². The zero-order valence-corrected chi connectivity index (χ0v) is 8.21. The SMILES string of the molecule is Cc1ncnc(N=[C]=[W])n1. The predicted molar refractivity (Wildman–Crippen MR) is 31.7 cm³/mol. The van der Waals surface area contributed by atoms with Gasteiger partial charge >= 0.3 is 68.5 Å². The molecule has 0 fully saturated rings. The monoisotopic (exact) mass is 304 g/mol. The summed E-state index contributed by atoms with van der Waals surface area (Å²) >= 11 is 1.16. The van der Waals surface area contributed by atoms with E-state index in [1.54, 1.807) is 6.92 Å². The number of hydrogen-bond acceptors (Lipinski definition) is 4. The van der Waals surface area contributed by atoms with Crippen LogP contribution >= 0.6 is 0 Å². The molecule has 0 saturated heterocycles. The Labute approximate surface area is 68.9 Å². The molecule has 5 heteroatoms. The maximum absolute atomic E-state index is 3.92. The summed E-state index contributed by atoms with van der Waals surface area (Å²) in [5.41, 5.74) is 0. The van der Waals surface area contributed by atoms with Gasteiger partial charge in [0.1, 0.15) is 0 Å². The van der Waals surface area contributed by atoms with E-state index in [9.17, 15) is 0 Å². The number of aryl methyl sites for hydroxylation is 1. The maximum atomic E-state index is 3.92. The second-order valence-corrected chi connectivity index (χ2v) is 2.19. The molecular weight excluding hydrogens is 300 g/mol. The molecule has 0 amide bonds. The van der Waals surface area contributed by atoms with Crippen LogP contribution in [0.3, 0.4) is 0 Å². The molecule has 1 aromatic rings. The number of hydrogen-bond donors (Lipinski definition) is 0. The summed E-state index contributed by atoms with van der Waals surface area (Å²) < 4.78 is 2.67. The van der Waals surface area contributed by atoms with Crippen LogP contribution in [0.1, 0.15) is 5.82 Å². The molecule has 0 spiro atoms. The first-order valence-corrected chi connectivity index (χ1v) is 4.03. The van der Waals surface area contributed by atoms with Gasteiger partial charge in [0.25, 0.3) is 0 Å². The van der Waals surface area contributed by atoms with Crippen LogP contribution in [0.4, 0.5) is 5.95 Å². The number of aliphatic imine (C=N–C) groups is 1. The van der Waals surface area contributed by atoms with Crippen molar-refractivity contribution in [1.29, 1.82) is 0 Å². The summed E-state index contributed by atoms with van der Waals surface area (Å²) in [6, 6.07) is 0. The predicted octanol–water partition coefficient (Wildman–Crippen LogP) is 0.264. The van der Waals surface area contributed by atoms with Gasteiger partial charge in [-0.15, -0.1) is 0 Å². The van der Waals surface area contributed by atoms with E-state index in [2.05, 4.69) is 24.1 Å². The van der Waals surface area contributed by atoms with E-state index >= 15 is 0 Å². The van der Waals surface area contributed by atoms with Crippen molar-refractivity contribution in [1.82, 2.24) is 15.0 Å². The number of aromatic nitrogens is 3. The quantitative estimate of drug-likeness (QED) is 0.700. The molecule has 1 heterocycles. The van der Waals surface area contributed by atoms with E-state index in [4.69, 9.17) is 0 Å². The van der Waals surface area contributed by atoms with Gasteiger partial charge in [-0.25, -0.2) is 0 Å². The van der Waals surface area contributed by atoms with Crippen molar-refractivity contribution >= 4 is 10.1 Å². The third-order valence-electron chi connectivity index (χ3n) is 0.825. The summed E-state index contributed by atoms with van der Waals surface area (Å²) in [6.45, 7) is 1.79. The molecule has 0 N–H and O–H groups in total. The van der Waals surface area contributed by atoms with Crippen molar-refractivity contribution in [3.63, 3.8) is 0 Å². The Morgan fingerprint density at radius 3 is 3.00 bits per heavy atom. The van der Waals surface area contributed by atoms with Gasteiger partial charge < -0.3 is 0 Å². The first kappa shape index (κ1) is 7.39. The van der Waals surface area contributed by atoms with Crippen molar-refractivity contribution in [3.05, 3.63) is 12.2 Å². The normalized spacial score (nSPS) is 8.50. The summed E-state index contributed by atoms with van der Waals surface area (Å²) in [5, 5.41) is 0. The average Bonchev–Trinajstić information content (AvgIpc) is 1.88. The van der Waals surface area contributed by atoms with E-state index in [-0.39, 0.29) is 0 Å². The van der Waals surface area contributed by atoms with E-state index in [1.165, 1.54) is 6.33 Å². The summed E-state index contributed by atoms with van der Waals surface area (Å²) in [4.78, 5) is 15.3. The molecule has 0 unspecified atom stereocenters. The fourth-order valence-electron chi connectivity index (χ4n) is 0.461.